The minimum atomic E-state index is 0.830. The van der Waals surface area contributed by atoms with Crippen LogP contribution in [0.25, 0.3) is 0 Å². The third kappa shape index (κ3) is 9.14. The highest BCUT2D eigenvalue weighted by Gasteiger charge is 1.71. The summed E-state index contributed by atoms with van der Waals surface area (Å²) in [5.41, 5.74) is 6.83. The molecule has 0 aliphatic heterocycles. The highest BCUT2D eigenvalue weighted by atomic mass is 15.3. The molecule has 0 aliphatic carbocycles. The summed E-state index contributed by atoms with van der Waals surface area (Å²) in [4.78, 5) is 0. The first-order valence-electron chi connectivity index (χ1n) is 3.65. The average molecular weight is 152 g/mol. The lowest BCUT2D eigenvalue weighted by Gasteiger charge is -1.93. The Morgan fingerprint density at radius 2 is 2.18 bits per heavy atom. The molecular formula is C9H16N2. The maximum Gasteiger partial charge on any atom is 0.0283 e. The van der Waals surface area contributed by atoms with E-state index in [2.05, 4.69) is 17.4 Å². The van der Waals surface area contributed by atoms with E-state index in [4.69, 9.17) is 0 Å². The molecular weight excluding hydrogens is 136 g/mol. The van der Waals surface area contributed by atoms with Gasteiger partial charge in [0.05, 0.1) is 0 Å². The molecule has 0 unspecified atom stereocenters. The summed E-state index contributed by atoms with van der Waals surface area (Å²) in [5, 5.41) is 0. The Bertz CT molecular complexity index is 157. The van der Waals surface area contributed by atoms with Crippen LogP contribution >= 0.6 is 0 Å². The van der Waals surface area contributed by atoms with E-state index >= 15 is 0 Å². The molecule has 2 nitrogen and oxygen atoms in total. The van der Waals surface area contributed by atoms with Crippen LogP contribution in [0.4, 0.5) is 0 Å². The van der Waals surface area contributed by atoms with Crippen molar-refractivity contribution in [2.75, 3.05) is 13.6 Å². The lowest BCUT2D eigenvalue weighted by atomic mass is 10.3. The Hall–Kier alpha value is -0.860. The predicted octanol–water partition coefficient (Wildman–Crippen LogP) is 1.40. The summed E-state index contributed by atoms with van der Waals surface area (Å²) in [6, 6.07) is 0. The Morgan fingerprint density at radius 3 is 2.73 bits per heavy atom. The normalized spacial score (nSPS) is 11.5. The second-order valence-corrected chi connectivity index (χ2v) is 2.26. The molecule has 0 aromatic carbocycles. The number of nitrogens with one attached hydrogen (secondary N) is 2. The van der Waals surface area contributed by atoms with Crippen molar-refractivity contribution in [2.45, 2.75) is 6.92 Å². The number of rotatable bonds is 5. The van der Waals surface area contributed by atoms with Gasteiger partial charge >= 0.3 is 0 Å². The Balaban J connectivity index is 3.36. The Kier molecular flexibility index (Phi) is 6.68. The van der Waals surface area contributed by atoms with Gasteiger partial charge in [-0.25, -0.2) is 0 Å². The standard InChI is InChI=1S/C9H16N2/c1-9(2)7-5-4-6-8-11-10-3/h4-7,10-11H,1,8H2,2-3H3/b6-4-,7-5-. The second kappa shape index (κ2) is 7.25. The van der Waals surface area contributed by atoms with Gasteiger partial charge < -0.3 is 0 Å². The van der Waals surface area contributed by atoms with Crippen LogP contribution in [0.2, 0.25) is 0 Å². The molecule has 0 radical (unpaired) electrons. The third-order valence-corrected chi connectivity index (χ3v) is 1.02. The fraction of sp³-hybridized carbons (Fsp3) is 0.333. The molecule has 11 heavy (non-hydrogen) atoms. The zero-order chi connectivity index (χ0) is 8.53. The zero-order valence-corrected chi connectivity index (χ0v) is 7.22. The highest BCUT2D eigenvalue weighted by Crippen LogP contribution is 1.88. The van der Waals surface area contributed by atoms with Crippen LogP contribution < -0.4 is 10.9 Å². The largest absolute Gasteiger partial charge is 0.261 e. The molecule has 0 atom stereocenters. The Labute approximate surface area is 68.7 Å². The van der Waals surface area contributed by atoms with E-state index < -0.39 is 0 Å². The maximum atomic E-state index is 3.74. The van der Waals surface area contributed by atoms with Crippen molar-refractivity contribution in [1.82, 2.24) is 10.9 Å². The predicted molar refractivity (Wildman–Crippen MR) is 50.2 cm³/mol. The van der Waals surface area contributed by atoms with Crippen molar-refractivity contribution in [3.8, 4) is 0 Å². The van der Waals surface area contributed by atoms with E-state index in [1.807, 2.05) is 38.3 Å². The van der Waals surface area contributed by atoms with E-state index in [0.29, 0.717) is 0 Å². The monoisotopic (exact) mass is 152 g/mol. The minimum Gasteiger partial charge on any atom is -0.261 e. The average Bonchev–Trinajstić information content (AvgIpc) is 1.96. The molecule has 0 rings (SSSR count). The van der Waals surface area contributed by atoms with Crippen LogP contribution in [0.15, 0.2) is 36.5 Å². The topological polar surface area (TPSA) is 24.1 Å². The van der Waals surface area contributed by atoms with Gasteiger partial charge in [0.25, 0.3) is 0 Å². The fourth-order valence-corrected chi connectivity index (χ4v) is 0.527. The highest BCUT2D eigenvalue weighted by molar-refractivity contribution is 5.16. The smallest absolute Gasteiger partial charge is 0.0283 e. The van der Waals surface area contributed by atoms with Crippen molar-refractivity contribution in [1.29, 1.82) is 0 Å². The van der Waals surface area contributed by atoms with E-state index in [1.165, 1.54) is 0 Å². The van der Waals surface area contributed by atoms with Crippen molar-refractivity contribution in [3.05, 3.63) is 36.5 Å². The van der Waals surface area contributed by atoms with E-state index in [-0.39, 0.29) is 0 Å². The first-order chi connectivity index (χ1) is 5.27. The van der Waals surface area contributed by atoms with Crippen molar-refractivity contribution < 1.29 is 0 Å². The molecule has 0 bridgehead atoms. The van der Waals surface area contributed by atoms with Crippen molar-refractivity contribution in [3.63, 3.8) is 0 Å². The van der Waals surface area contributed by atoms with Crippen LogP contribution in [0.3, 0.4) is 0 Å². The van der Waals surface area contributed by atoms with E-state index in [9.17, 15) is 0 Å². The fourth-order valence-electron chi connectivity index (χ4n) is 0.527. The molecule has 0 heterocycles. The van der Waals surface area contributed by atoms with E-state index in [1.54, 1.807) is 0 Å². The number of hydrogen-bond donors (Lipinski definition) is 2. The SMILES string of the molecule is C=C(C)/C=C\C=C/CNNC. The molecule has 0 aliphatic rings. The number of hydrazine groups is 1. The first kappa shape index (κ1) is 10.1. The molecule has 0 aromatic rings. The van der Waals surface area contributed by atoms with Crippen LogP contribution in [0.1, 0.15) is 6.92 Å². The van der Waals surface area contributed by atoms with Crippen molar-refractivity contribution >= 4 is 0 Å². The summed E-state index contributed by atoms with van der Waals surface area (Å²) in [5.74, 6) is 0. The van der Waals surface area contributed by atoms with Crippen LogP contribution in [0.5, 0.6) is 0 Å². The number of allylic oxidation sites excluding steroid dienone is 4. The summed E-state index contributed by atoms with van der Waals surface area (Å²) in [6.45, 7) is 6.54. The molecule has 0 saturated carbocycles. The lowest BCUT2D eigenvalue weighted by Crippen LogP contribution is -2.27. The van der Waals surface area contributed by atoms with Gasteiger partial charge in [0, 0.05) is 6.54 Å². The van der Waals surface area contributed by atoms with Gasteiger partial charge in [-0.15, -0.1) is 0 Å². The Morgan fingerprint density at radius 1 is 1.45 bits per heavy atom. The van der Waals surface area contributed by atoms with Gasteiger partial charge in [-0.2, -0.15) is 0 Å². The zero-order valence-electron chi connectivity index (χ0n) is 7.22. The van der Waals surface area contributed by atoms with Gasteiger partial charge in [0.1, 0.15) is 0 Å². The molecule has 0 aromatic heterocycles. The molecule has 2 heteroatoms. The summed E-state index contributed by atoms with van der Waals surface area (Å²) >= 11 is 0. The minimum absolute atomic E-state index is 0.830. The van der Waals surface area contributed by atoms with Crippen LogP contribution in [-0.2, 0) is 0 Å². The molecule has 0 amide bonds. The molecule has 0 spiro atoms. The first-order valence-corrected chi connectivity index (χ1v) is 3.65. The summed E-state index contributed by atoms with van der Waals surface area (Å²) in [7, 11) is 1.84. The van der Waals surface area contributed by atoms with Crippen LogP contribution in [-0.4, -0.2) is 13.6 Å². The molecule has 0 saturated heterocycles. The van der Waals surface area contributed by atoms with Crippen molar-refractivity contribution in [2.24, 2.45) is 0 Å². The third-order valence-electron chi connectivity index (χ3n) is 1.02. The van der Waals surface area contributed by atoms with Gasteiger partial charge in [-0.3, -0.25) is 10.9 Å². The van der Waals surface area contributed by atoms with Gasteiger partial charge in [-0.1, -0.05) is 36.5 Å². The van der Waals surface area contributed by atoms with Crippen LogP contribution in [0, 0.1) is 0 Å². The summed E-state index contributed by atoms with van der Waals surface area (Å²) < 4.78 is 0. The van der Waals surface area contributed by atoms with Gasteiger partial charge in [0.15, 0.2) is 0 Å². The van der Waals surface area contributed by atoms with Gasteiger partial charge in [0.2, 0.25) is 0 Å². The lowest BCUT2D eigenvalue weighted by molar-refractivity contribution is 0.646. The molecule has 62 valence electrons. The summed E-state index contributed by atoms with van der Waals surface area (Å²) in [6.07, 6.45) is 7.95. The maximum absolute atomic E-state index is 3.74. The second-order valence-electron chi connectivity index (χ2n) is 2.26. The van der Waals surface area contributed by atoms with E-state index in [0.717, 1.165) is 12.1 Å². The quantitative estimate of drug-likeness (QED) is 0.353. The van der Waals surface area contributed by atoms with Gasteiger partial charge in [-0.05, 0) is 14.0 Å². The molecule has 0 fully saturated rings. The molecule has 2 N–H and O–H groups in total. The number of hydrogen-bond acceptors (Lipinski definition) is 2.